The summed E-state index contributed by atoms with van der Waals surface area (Å²) in [5, 5.41) is 3.31. The molecular formula is C18H19ClN2O4S3. The van der Waals surface area contributed by atoms with E-state index in [4.69, 9.17) is 11.6 Å². The fraction of sp³-hybridized carbons (Fsp3) is 0.278. The van der Waals surface area contributed by atoms with E-state index in [1.165, 1.54) is 18.3 Å². The topological polar surface area (TPSA) is 93.2 Å². The Morgan fingerprint density at radius 2 is 2.07 bits per heavy atom. The zero-order valence-corrected chi connectivity index (χ0v) is 18.3. The molecule has 0 saturated carbocycles. The van der Waals surface area contributed by atoms with Crippen LogP contribution in [0.2, 0.25) is 4.34 Å². The van der Waals surface area contributed by atoms with Crippen molar-refractivity contribution in [3.8, 4) is 0 Å². The van der Waals surface area contributed by atoms with Crippen molar-refractivity contribution >= 4 is 66.3 Å². The predicted octanol–water partition coefficient (Wildman–Crippen LogP) is 3.36. The third kappa shape index (κ3) is 5.44. The lowest BCUT2D eigenvalue weighted by atomic mass is 9.95. The van der Waals surface area contributed by atoms with Crippen LogP contribution in [0.1, 0.15) is 18.4 Å². The number of allylic oxidation sites excluding steroid dienone is 1. The lowest BCUT2D eigenvalue weighted by molar-refractivity contribution is -0.112. The number of anilines is 1. The Morgan fingerprint density at radius 3 is 2.64 bits per heavy atom. The van der Waals surface area contributed by atoms with E-state index in [9.17, 15) is 18.0 Å². The summed E-state index contributed by atoms with van der Waals surface area (Å²) in [5.41, 5.74) is 0.961. The van der Waals surface area contributed by atoms with Crippen LogP contribution in [-0.2, 0) is 19.4 Å². The monoisotopic (exact) mass is 458 g/mol. The number of thiazole rings is 1. The van der Waals surface area contributed by atoms with Gasteiger partial charge < -0.3 is 0 Å². The number of benzene rings is 1. The number of amides is 1. The number of nitrogens with one attached hydrogen (secondary N) is 1. The quantitative estimate of drug-likeness (QED) is 0.693. The molecule has 0 bridgehead atoms. The first-order valence-electron chi connectivity index (χ1n) is 8.44. The molecule has 10 heteroatoms. The Hall–Kier alpha value is -1.68. The molecule has 1 unspecified atom stereocenters. The van der Waals surface area contributed by atoms with Gasteiger partial charge in [-0.3, -0.25) is 14.9 Å². The van der Waals surface area contributed by atoms with Gasteiger partial charge in [0.25, 0.3) is 5.91 Å². The molecule has 1 fully saturated rings. The molecule has 2 heterocycles. The van der Waals surface area contributed by atoms with Crippen molar-refractivity contribution in [3.05, 3.63) is 46.4 Å². The molecule has 3 rings (SSSR count). The molecule has 150 valence electrons. The lowest BCUT2D eigenvalue weighted by Gasteiger charge is -2.20. The first-order valence-corrected chi connectivity index (χ1v) is 12.7. The summed E-state index contributed by atoms with van der Waals surface area (Å²) >= 11 is 7.35. The zero-order chi connectivity index (χ0) is 20.3. The van der Waals surface area contributed by atoms with Gasteiger partial charge in [0.05, 0.1) is 11.1 Å². The van der Waals surface area contributed by atoms with E-state index in [0.717, 1.165) is 29.8 Å². The minimum atomic E-state index is -3.33. The van der Waals surface area contributed by atoms with Crippen molar-refractivity contribution in [2.45, 2.75) is 17.7 Å². The Morgan fingerprint density at radius 1 is 1.36 bits per heavy atom. The number of carbonyl (C=O) groups is 2. The maximum atomic E-state index is 12.9. The molecule has 1 aliphatic heterocycles. The van der Waals surface area contributed by atoms with E-state index in [2.05, 4.69) is 10.3 Å². The number of hydrogen-bond donors (Lipinski definition) is 1. The van der Waals surface area contributed by atoms with E-state index >= 15 is 0 Å². The molecule has 1 amide bonds. The SMILES string of the molecule is CS(=O)(=O)c1ccc(/C(=C\C2CC[SH2]C(=O)C2)C(=O)Nc2ncc(Cl)s2)cc1. The maximum absolute atomic E-state index is 12.9. The highest BCUT2D eigenvalue weighted by Gasteiger charge is 2.21. The Labute approximate surface area is 176 Å². The number of rotatable bonds is 5. The van der Waals surface area contributed by atoms with Crippen LogP contribution in [0.25, 0.3) is 5.57 Å². The molecule has 6 nitrogen and oxygen atoms in total. The zero-order valence-electron chi connectivity index (χ0n) is 14.9. The largest absolute Gasteiger partial charge is 0.298 e. The summed E-state index contributed by atoms with van der Waals surface area (Å²) in [6.07, 6.45) is 5.64. The second-order valence-corrected chi connectivity index (χ2v) is 11.5. The number of sulfone groups is 1. The van der Waals surface area contributed by atoms with Gasteiger partial charge in [0.15, 0.2) is 20.1 Å². The minimum Gasteiger partial charge on any atom is -0.298 e. The molecule has 1 aromatic heterocycles. The van der Waals surface area contributed by atoms with Crippen LogP contribution in [0.5, 0.6) is 0 Å². The highest BCUT2D eigenvalue weighted by molar-refractivity contribution is 8.13. The fourth-order valence-electron chi connectivity index (χ4n) is 2.85. The third-order valence-corrected chi connectivity index (χ3v) is 7.52. The van der Waals surface area contributed by atoms with E-state index in [1.807, 2.05) is 6.08 Å². The molecule has 0 spiro atoms. The molecule has 1 saturated heterocycles. The maximum Gasteiger partial charge on any atom is 0.257 e. The van der Waals surface area contributed by atoms with Crippen molar-refractivity contribution < 1.29 is 18.0 Å². The minimum absolute atomic E-state index is 0.0241. The Balaban J connectivity index is 1.93. The van der Waals surface area contributed by atoms with Crippen molar-refractivity contribution in [2.75, 3.05) is 17.3 Å². The Kier molecular flexibility index (Phi) is 6.59. The van der Waals surface area contributed by atoms with E-state index in [1.54, 1.807) is 12.1 Å². The van der Waals surface area contributed by atoms with Gasteiger partial charge in [-0.2, -0.15) is 0 Å². The molecule has 1 N–H and O–H groups in total. The normalized spacial score (nSPS) is 19.6. The molecule has 1 atom stereocenters. The van der Waals surface area contributed by atoms with Crippen molar-refractivity contribution in [2.24, 2.45) is 5.92 Å². The van der Waals surface area contributed by atoms with Gasteiger partial charge in [0.2, 0.25) is 0 Å². The molecular weight excluding hydrogens is 440 g/mol. The van der Waals surface area contributed by atoms with Crippen LogP contribution in [0.3, 0.4) is 0 Å². The van der Waals surface area contributed by atoms with Crippen LogP contribution in [0, 0.1) is 5.92 Å². The van der Waals surface area contributed by atoms with Crippen LogP contribution in [-0.4, -0.2) is 36.4 Å². The van der Waals surface area contributed by atoms with Crippen molar-refractivity contribution in [1.29, 1.82) is 0 Å². The molecule has 28 heavy (non-hydrogen) atoms. The van der Waals surface area contributed by atoms with E-state index < -0.39 is 9.84 Å². The van der Waals surface area contributed by atoms with E-state index in [-0.39, 0.29) is 21.8 Å². The number of halogens is 1. The van der Waals surface area contributed by atoms with Crippen molar-refractivity contribution in [1.82, 2.24) is 4.98 Å². The van der Waals surface area contributed by atoms with Crippen LogP contribution in [0.4, 0.5) is 5.13 Å². The molecule has 1 aromatic carbocycles. The summed E-state index contributed by atoms with van der Waals surface area (Å²) < 4.78 is 23.8. The van der Waals surface area contributed by atoms with Gasteiger partial charge in [-0.15, -0.1) is 0 Å². The standard InChI is InChI=1S/C18H19ClN2O4S3/c1-28(24,25)13-4-2-12(3-5-13)14(8-11-6-7-26-16(22)9-11)17(23)21-18-20-10-15(19)27-18/h2-5,8,10-11H,6-7,9,26H2,1H3,(H,20,21,23)/b14-8+. The second kappa shape index (κ2) is 8.77. The molecule has 1 aliphatic rings. The molecule has 2 aromatic rings. The predicted molar refractivity (Wildman–Crippen MR) is 116 cm³/mol. The van der Waals surface area contributed by atoms with Gasteiger partial charge in [0.1, 0.15) is 4.34 Å². The van der Waals surface area contributed by atoms with Crippen LogP contribution in [0.15, 0.2) is 41.4 Å². The van der Waals surface area contributed by atoms with Crippen LogP contribution >= 0.6 is 34.7 Å². The number of hydrogen-bond acceptors (Lipinski definition) is 6. The average Bonchev–Trinajstić information content (AvgIpc) is 3.04. The van der Waals surface area contributed by atoms with Gasteiger partial charge >= 0.3 is 0 Å². The first kappa shape index (κ1) is 21.0. The lowest BCUT2D eigenvalue weighted by Crippen LogP contribution is -2.17. The fourth-order valence-corrected chi connectivity index (χ4v) is 5.49. The van der Waals surface area contributed by atoms with Gasteiger partial charge in [-0.25, -0.2) is 25.2 Å². The summed E-state index contributed by atoms with van der Waals surface area (Å²) in [6, 6.07) is 6.14. The van der Waals surface area contributed by atoms with Crippen molar-refractivity contribution in [3.63, 3.8) is 0 Å². The van der Waals surface area contributed by atoms with E-state index in [0.29, 0.717) is 38.8 Å². The summed E-state index contributed by atoms with van der Waals surface area (Å²) in [6.45, 7) is 0. The summed E-state index contributed by atoms with van der Waals surface area (Å²) in [7, 11) is -3.33. The molecule has 0 aliphatic carbocycles. The van der Waals surface area contributed by atoms with Crippen LogP contribution < -0.4 is 5.32 Å². The highest BCUT2D eigenvalue weighted by Crippen LogP contribution is 2.30. The molecule has 0 radical (unpaired) electrons. The smallest absolute Gasteiger partial charge is 0.257 e. The average molecular weight is 459 g/mol. The number of carbonyl (C=O) groups excluding carboxylic acids is 2. The van der Waals surface area contributed by atoms with Gasteiger partial charge in [-0.05, 0) is 35.8 Å². The third-order valence-electron chi connectivity index (χ3n) is 4.22. The number of nitrogens with zero attached hydrogens (tertiary/aromatic N) is 1. The first-order chi connectivity index (χ1) is 13.2. The summed E-state index contributed by atoms with van der Waals surface area (Å²) in [5.74, 6) is 0.423. The summed E-state index contributed by atoms with van der Waals surface area (Å²) in [4.78, 5) is 28.9. The van der Waals surface area contributed by atoms with Gasteiger partial charge in [0, 0.05) is 18.2 Å². The second-order valence-electron chi connectivity index (χ2n) is 6.40. The van der Waals surface area contributed by atoms with Gasteiger partial charge in [-0.1, -0.05) is 41.1 Å². The highest BCUT2D eigenvalue weighted by atomic mass is 35.5. The number of aromatic nitrogens is 1. The Bertz CT molecular complexity index is 1030.